The summed E-state index contributed by atoms with van der Waals surface area (Å²) in [6, 6.07) is 77.8. The van der Waals surface area contributed by atoms with Crippen LogP contribution in [0.1, 0.15) is 22.3 Å². The molecule has 256 valence electrons. The molecule has 0 saturated carbocycles. The highest BCUT2D eigenvalue weighted by atomic mass is 14.7. The summed E-state index contributed by atoms with van der Waals surface area (Å²) in [5.41, 5.74) is 13.5. The Bertz CT molecular complexity index is 2950. The van der Waals surface area contributed by atoms with Crippen molar-refractivity contribution < 1.29 is 0 Å². The third-order valence-electron chi connectivity index (χ3n) is 11.7. The fourth-order valence-corrected chi connectivity index (χ4v) is 9.22. The zero-order valence-corrected chi connectivity index (χ0v) is 30.2. The van der Waals surface area contributed by atoms with E-state index in [-0.39, 0.29) is 0 Å². The molecule has 1 nitrogen and oxygen atoms in total. The Kier molecular flexibility index (Phi) is 7.15. The van der Waals surface area contributed by atoms with Gasteiger partial charge in [-0.05, 0) is 107 Å². The lowest BCUT2D eigenvalue weighted by molar-refractivity contribution is 0.769. The lowest BCUT2D eigenvalue weighted by Gasteiger charge is -2.34. The molecule has 1 aliphatic carbocycles. The molecule has 0 fully saturated rings. The van der Waals surface area contributed by atoms with E-state index in [9.17, 15) is 0 Å². The van der Waals surface area contributed by atoms with Crippen LogP contribution in [-0.2, 0) is 5.41 Å². The van der Waals surface area contributed by atoms with Gasteiger partial charge in [0.2, 0.25) is 0 Å². The second-order valence-corrected chi connectivity index (χ2v) is 14.7. The lowest BCUT2D eigenvalue weighted by Crippen LogP contribution is -2.28. The average Bonchev–Trinajstić information content (AvgIpc) is 3.56. The first-order valence-corrected chi connectivity index (χ1v) is 19.0. The Morgan fingerprint density at radius 2 is 0.836 bits per heavy atom. The molecule has 0 N–H and O–H groups in total. The largest absolute Gasteiger partial charge is 0.248 e. The minimum Gasteiger partial charge on any atom is -0.248 e. The van der Waals surface area contributed by atoms with Gasteiger partial charge >= 0.3 is 0 Å². The maximum absolute atomic E-state index is 5.66. The van der Waals surface area contributed by atoms with Crippen LogP contribution in [0.3, 0.4) is 0 Å². The molecule has 9 aromatic carbocycles. The van der Waals surface area contributed by atoms with Crippen molar-refractivity contribution >= 4 is 32.3 Å². The minimum absolute atomic E-state index is 0.523. The first-order valence-electron chi connectivity index (χ1n) is 19.0. The molecule has 55 heavy (non-hydrogen) atoms. The van der Waals surface area contributed by atoms with Crippen molar-refractivity contribution in [3.63, 3.8) is 0 Å². The van der Waals surface area contributed by atoms with Gasteiger partial charge in [-0.3, -0.25) is 0 Å². The molecule has 0 amide bonds. The van der Waals surface area contributed by atoms with Crippen LogP contribution in [0, 0.1) is 0 Å². The minimum atomic E-state index is -0.523. The fraction of sp³-hybridized carbons (Fsp3) is 0.0185. The molecular formula is C54H35N. The second kappa shape index (κ2) is 12.5. The molecule has 0 atom stereocenters. The SMILES string of the molecule is c1ccc(C2(c3ccccc3)c3ccccc3-c3c2cc2ccccc2c3-c2cc(-c3ccc4ccccc4c3)cc(-c3ccc4ccccc4c3)n2)cc1. The summed E-state index contributed by atoms with van der Waals surface area (Å²) in [5, 5.41) is 7.28. The zero-order chi connectivity index (χ0) is 36.3. The van der Waals surface area contributed by atoms with Crippen molar-refractivity contribution in [2.75, 3.05) is 0 Å². The van der Waals surface area contributed by atoms with E-state index in [0.717, 1.165) is 22.5 Å². The maximum Gasteiger partial charge on any atom is 0.0728 e. The molecule has 0 radical (unpaired) electrons. The number of hydrogen-bond donors (Lipinski definition) is 0. The molecule has 0 saturated heterocycles. The predicted molar refractivity (Wildman–Crippen MR) is 230 cm³/mol. The van der Waals surface area contributed by atoms with E-state index in [0.29, 0.717) is 0 Å². The van der Waals surface area contributed by atoms with Crippen LogP contribution >= 0.6 is 0 Å². The number of nitrogens with zero attached hydrogens (tertiary/aromatic N) is 1. The van der Waals surface area contributed by atoms with Gasteiger partial charge in [-0.15, -0.1) is 0 Å². The molecule has 0 aliphatic heterocycles. The Balaban J connectivity index is 1.27. The summed E-state index contributed by atoms with van der Waals surface area (Å²) >= 11 is 0. The molecule has 10 aromatic rings. The summed E-state index contributed by atoms with van der Waals surface area (Å²) in [5.74, 6) is 0. The van der Waals surface area contributed by atoms with Crippen molar-refractivity contribution in [1.82, 2.24) is 4.98 Å². The van der Waals surface area contributed by atoms with E-state index in [4.69, 9.17) is 4.98 Å². The number of rotatable bonds is 5. The van der Waals surface area contributed by atoms with Gasteiger partial charge in [-0.2, -0.15) is 0 Å². The quantitative estimate of drug-likeness (QED) is 0.174. The van der Waals surface area contributed by atoms with Gasteiger partial charge in [0.15, 0.2) is 0 Å². The van der Waals surface area contributed by atoms with Crippen molar-refractivity contribution in [1.29, 1.82) is 0 Å². The second-order valence-electron chi connectivity index (χ2n) is 14.7. The molecule has 0 bridgehead atoms. The number of aromatic nitrogens is 1. The number of hydrogen-bond acceptors (Lipinski definition) is 1. The molecule has 1 heterocycles. The molecule has 1 aromatic heterocycles. The van der Waals surface area contributed by atoms with Gasteiger partial charge in [-0.1, -0.05) is 182 Å². The number of pyridine rings is 1. The fourth-order valence-electron chi connectivity index (χ4n) is 9.22. The zero-order valence-electron chi connectivity index (χ0n) is 30.2. The molecule has 1 heteroatoms. The molecule has 0 unspecified atom stereocenters. The summed E-state index contributed by atoms with van der Waals surface area (Å²) in [7, 11) is 0. The van der Waals surface area contributed by atoms with Gasteiger partial charge < -0.3 is 0 Å². The third-order valence-corrected chi connectivity index (χ3v) is 11.7. The highest BCUT2D eigenvalue weighted by Crippen LogP contribution is 2.59. The third kappa shape index (κ3) is 4.90. The Morgan fingerprint density at radius 1 is 0.309 bits per heavy atom. The first kappa shape index (κ1) is 31.4. The topological polar surface area (TPSA) is 12.9 Å². The lowest BCUT2D eigenvalue weighted by atomic mass is 9.67. The van der Waals surface area contributed by atoms with E-state index in [1.54, 1.807) is 0 Å². The summed E-state index contributed by atoms with van der Waals surface area (Å²) < 4.78 is 0. The molecule has 1 aliphatic rings. The standard InChI is InChI=1S/C54H35N/c1-3-20-44(21-4-1)54(45-22-5-2-6-23-45)48-26-14-13-25-47(48)52-49(54)33-41-19-11-12-24-46(41)53(52)51-35-43(40-29-27-36-15-7-9-17-38(36)31-40)34-50(55-51)42-30-28-37-16-8-10-18-39(37)32-42/h1-35H. The van der Waals surface area contributed by atoms with Crippen LogP contribution in [0.5, 0.6) is 0 Å². The van der Waals surface area contributed by atoms with Crippen LogP contribution in [0.25, 0.3) is 77.1 Å². The van der Waals surface area contributed by atoms with E-state index in [1.165, 1.54) is 76.8 Å². The van der Waals surface area contributed by atoms with E-state index < -0.39 is 5.41 Å². The van der Waals surface area contributed by atoms with Crippen molar-refractivity contribution in [3.8, 4) is 44.8 Å². The van der Waals surface area contributed by atoms with Crippen molar-refractivity contribution in [3.05, 3.63) is 235 Å². The van der Waals surface area contributed by atoms with Crippen molar-refractivity contribution in [2.24, 2.45) is 0 Å². The number of benzene rings is 9. The van der Waals surface area contributed by atoms with Crippen LogP contribution < -0.4 is 0 Å². The van der Waals surface area contributed by atoms with Gasteiger partial charge in [0.1, 0.15) is 0 Å². The first-order chi connectivity index (χ1) is 27.3. The number of fused-ring (bicyclic) bond motifs is 6. The van der Waals surface area contributed by atoms with Crippen LogP contribution in [-0.4, -0.2) is 4.98 Å². The van der Waals surface area contributed by atoms with Gasteiger partial charge in [0.25, 0.3) is 0 Å². The molecular weight excluding hydrogens is 663 g/mol. The van der Waals surface area contributed by atoms with E-state index >= 15 is 0 Å². The normalized spacial score (nSPS) is 12.9. The maximum atomic E-state index is 5.66. The highest BCUT2D eigenvalue weighted by Gasteiger charge is 2.47. The van der Waals surface area contributed by atoms with Crippen molar-refractivity contribution in [2.45, 2.75) is 5.41 Å². The summed E-state index contributed by atoms with van der Waals surface area (Å²) in [6.45, 7) is 0. The average molecular weight is 698 g/mol. The van der Waals surface area contributed by atoms with Gasteiger partial charge in [0.05, 0.1) is 16.8 Å². The predicted octanol–water partition coefficient (Wildman–Crippen LogP) is 13.9. The Morgan fingerprint density at radius 3 is 1.53 bits per heavy atom. The Hall–Kier alpha value is -7.09. The summed E-state index contributed by atoms with van der Waals surface area (Å²) in [6.07, 6.45) is 0. The van der Waals surface area contributed by atoms with Gasteiger partial charge in [0, 0.05) is 11.1 Å². The summed E-state index contributed by atoms with van der Waals surface area (Å²) in [4.78, 5) is 5.66. The smallest absolute Gasteiger partial charge is 0.0728 e. The molecule has 11 rings (SSSR count). The van der Waals surface area contributed by atoms with Crippen LogP contribution in [0.15, 0.2) is 212 Å². The monoisotopic (exact) mass is 697 g/mol. The Labute approximate surface area is 320 Å². The van der Waals surface area contributed by atoms with Crippen LogP contribution in [0.2, 0.25) is 0 Å². The highest BCUT2D eigenvalue weighted by molar-refractivity contribution is 6.09. The van der Waals surface area contributed by atoms with E-state index in [1.807, 2.05) is 0 Å². The van der Waals surface area contributed by atoms with E-state index in [2.05, 4.69) is 212 Å². The van der Waals surface area contributed by atoms with Crippen LogP contribution in [0.4, 0.5) is 0 Å². The van der Waals surface area contributed by atoms with Gasteiger partial charge in [-0.25, -0.2) is 4.98 Å². The molecule has 0 spiro atoms.